The number of anilines is 1. The van der Waals surface area contributed by atoms with Crippen LogP contribution in [0.1, 0.15) is 16.1 Å². The maximum Gasteiger partial charge on any atom is 0.294 e. The summed E-state index contributed by atoms with van der Waals surface area (Å²) in [7, 11) is 1.52. The van der Waals surface area contributed by atoms with Crippen molar-refractivity contribution in [1.29, 1.82) is 0 Å². The molecule has 13 heteroatoms. The monoisotopic (exact) mass is 454 g/mol. The van der Waals surface area contributed by atoms with Gasteiger partial charge in [0.25, 0.3) is 5.91 Å². The van der Waals surface area contributed by atoms with Gasteiger partial charge >= 0.3 is 0 Å². The van der Waals surface area contributed by atoms with Gasteiger partial charge in [-0.3, -0.25) is 4.79 Å². The van der Waals surface area contributed by atoms with Crippen molar-refractivity contribution < 1.29 is 19.3 Å². The Kier molecular flexibility index (Phi) is 5.68. The minimum absolute atomic E-state index is 0.0412. The summed E-state index contributed by atoms with van der Waals surface area (Å²) in [6.07, 6.45) is 1.24. The fourth-order valence-electron chi connectivity index (χ4n) is 2.79. The number of amides is 1. The molecule has 0 atom stereocenters. The number of aromatic nitrogens is 5. The number of ether oxygens (including phenoxy) is 1. The van der Waals surface area contributed by atoms with Crippen LogP contribution in [0.4, 0.5) is 5.82 Å². The van der Waals surface area contributed by atoms with Gasteiger partial charge in [0.15, 0.2) is 5.69 Å². The SMILES string of the molecule is COc1cccc(-c2c(C(=O)N/N=C/c3cc(Cl)ccc3O)nnn2-c2nonc2N)c1. The molecule has 4 N–H and O–H groups in total. The zero-order chi connectivity index (χ0) is 22.7. The van der Waals surface area contributed by atoms with Crippen molar-refractivity contribution in [2.75, 3.05) is 12.8 Å². The molecule has 0 fully saturated rings. The van der Waals surface area contributed by atoms with E-state index in [1.54, 1.807) is 24.3 Å². The van der Waals surface area contributed by atoms with Crippen LogP contribution in [0.5, 0.6) is 11.5 Å². The number of hydrogen-bond acceptors (Lipinski definition) is 10. The lowest BCUT2D eigenvalue weighted by Crippen LogP contribution is -2.19. The van der Waals surface area contributed by atoms with Crippen LogP contribution in [0, 0.1) is 0 Å². The molecule has 0 unspecified atom stereocenters. The minimum Gasteiger partial charge on any atom is -0.507 e. The van der Waals surface area contributed by atoms with Crippen molar-refractivity contribution in [3.05, 3.63) is 58.7 Å². The summed E-state index contributed by atoms with van der Waals surface area (Å²) in [6, 6.07) is 11.3. The summed E-state index contributed by atoms with van der Waals surface area (Å²) in [5.41, 5.74) is 9.17. The quantitative estimate of drug-likeness (QED) is 0.291. The molecule has 0 aliphatic carbocycles. The summed E-state index contributed by atoms with van der Waals surface area (Å²) in [5, 5.41) is 29.3. The lowest BCUT2D eigenvalue weighted by molar-refractivity contribution is 0.0950. The fourth-order valence-corrected chi connectivity index (χ4v) is 2.97. The zero-order valence-electron chi connectivity index (χ0n) is 16.4. The van der Waals surface area contributed by atoms with Gasteiger partial charge < -0.3 is 15.6 Å². The number of benzene rings is 2. The van der Waals surface area contributed by atoms with E-state index in [1.165, 1.54) is 36.2 Å². The average molecular weight is 455 g/mol. The first-order chi connectivity index (χ1) is 15.5. The lowest BCUT2D eigenvalue weighted by atomic mass is 10.1. The van der Waals surface area contributed by atoms with Crippen molar-refractivity contribution in [3.8, 4) is 28.6 Å². The highest BCUT2D eigenvalue weighted by Gasteiger charge is 2.25. The summed E-state index contributed by atoms with van der Waals surface area (Å²) in [4.78, 5) is 12.9. The number of nitrogens with one attached hydrogen (secondary N) is 1. The predicted molar refractivity (Wildman–Crippen MR) is 114 cm³/mol. The number of nitrogen functional groups attached to an aromatic ring is 1. The van der Waals surface area contributed by atoms with Gasteiger partial charge in [-0.2, -0.15) is 9.78 Å². The largest absolute Gasteiger partial charge is 0.507 e. The van der Waals surface area contributed by atoms with Gasteiger partial charge in [0.2, 0.25) is 11.6 Å². The number of hydrazone groups is 1. The Hall–Kier alpha value is -4.45. The van der Waals surface area contributed by atoms with E-state index in [4.69, 9.17) is 22.1 Å². The normalized spacial score (nSPS) is 11.1. The van der Waals surface area contributed by atoms with Crippen LogP contribution in [-0.2, 0) is 0 Å². The molecule has 0 spiro atoms. The summed E-state index contributed by atoms with van der Waals surface area (Å²) in [6.45, 7) is 0. The van der Waals surface area contributed by atoms with Crippen molar-refractivity contribution in [2.45, 2.75) is 0 Å². The second-order valence-electron chi connectivity index (χ2n) is 6.31. The highest BCUT2D eigenvalue weighted by atomic mass is 35.5. The number of phenols is 1. The maximum atomic E-state index is 12.9. The molecule has 1 amide bonds. The molecular formula is C19H15ClN8O4. The molecule has 2 heterocycles. The number of phenolic OH excluding ortho intramolecular Hbond substituents is 1. The third-order valence-electron chi connectivity index (χ3n) is 4.28. The van der Waals surface area contributed by atoms with Gasteiger partial charge in [-0.15, -0.1) is 5.10 Å². The molecule has 0 saturated carbocycles. The first-order valence-electron chi connectivity index (χ1n) is 8.98. The molecule has 0 bridgehead atoms. The highest BCUT2D eigenvalue weighted by Crippen LogP contribution is 2.29. The molecule has 4 rings (SSSR count). The number of rotatable bonds is 6. The van der Waals surface area contributed by atoms with E-state index >= 15 is 0 Å². The Morgan fingerprint density at radius 2 is 2.16 bits per heavy atom. The van der Waals surface area contributed by atoms with Crippen LogP contribution in [0.3, 0.4) is 0 Å². The number of carbonyl (C=O) groups excluding carboxylic acids is 1. The number of halogens is 1. The number of hydrogen-bond donors (Lipinski definition) is 3. The first kappa shape index (κ1) is 20.8. The molecule has 0 aliphatic heterocycles. The van der Waals surface area contributed by atoms with Crippen LogP contribution in [-0.4, -0.2) is 49.6 Å². The van der Waals surface area contributed by atoms with E-state index in [-0.39, 0.29) is 28.8 Å². The smallest absolute Gasteiger partial charge is 0.294 e. The summed E-state index contributed by atoms with van der Waals surface area (Å²) >= 11 is 5.91. The Morgan fingerprint density at radius 3 is 2.91 bits per heavy atom. The molecule has 4 aromatic rings. The molecule has 0 radical (unpaired) electrons. The molecule has 0 aliphatic rings. The van der Waals surface area contributed by atoms with Crippen LogP contribution >= 0.6 is 11.6 Å². The Morgan fingerprint density at radius 1 is 1.31 bits per heavy atom. The van der Waals surface area contributed by atoms with Crippen LogP contribution < -0.4 is 15.9 Å². The topological polar surface area (TPSA) is 167 Å². The molecule has 12 nitrogen and oxygen atoms in total. The van der Waals surface area contributed by atoms with Crippen molar-refractivity contribution >= 4 is 29.5 Å². The van der Waals surface area contributed by atoms with E-state index < -0.39 is 5.91 Å². The third kappa shape index (κ3) is 4.06. The van der Waals surface area contributed by atoms with Crippen LogP contribution in [0.2, 0.25) is 5.02 Å². The number of methoxy groups -OCH3 is 1. The second-order valence-corrected chi connectivity index (χ2v) is 6.74. The minimum atomic E-state index is -0.679. The Labute approximate surface area is 185 Å². The summed E-state index contributed by atoms with van der Waals surface area (Å²) < 4.78 is 11.1. The van der Waals surface area contributed by atoms with Crippen molar-refractivity contribution in [1.82, 2.24) is 30.7 Å². The molecule has 2 aromatic carbocycles. The van der Waals surface area contributed by atoms with E-state index in [1.807, 2.05) is 0 Å². The number of nitrogens with zero attached hydrogens (tertiary/aromatic N) is 6. The van der Waals surface area contributed by atoms with Gasteiger partial charge in [-0.1, -0.05) is 28.9 Å². The maximum absolute atomic E-state index is 12.9. The van der Waals surface area contributed by atoms with E-state index in [0.717, 1.165) is 0 Å². The van der Waals surface area contributed by atoms with E-state index in [2.05, 4.69) is 35.8 Å². The molecular weight excluding hydrogens is 440 g/mol. The zero-order valence-corrected chi connectivity index (χ0v) is 17.2. The van der Waals surface area contributed by atoms with E-state index in [0.29, 0.717) is 21.9 Å². The molecule has 32 heavy (non-hydrogen) atoms. The lowest BCUT2D eigenvalue weighted by Gasteiger charge is -2.07. The number of nitrogens with two attached hydrogens (primary N) is 1. The average Bonchev–Trinajstić information content (AvgIpc) is 3.42. The Bertz CT molecular complexity index is 1320. The van der Waals surface area contributed by atoms with Crippen molar-refractivity contribution in [2.24, 2.45) is 5.10 Å². The van der Waals surface area contributed by atoms with Gasteiger partial charge in [-0.05, 0) is 40.6 Å². The fraction of sp³-hybridized carbons (Fsp3) is 0.0526. The first-order valence-corrected chi connectivity index (χ1v) is 9.36. The van der Waals surface area contributed by atoms with E-state index in [9.17, 15) is 9.90 Å². The third-order valence-corrected chi connectivity index (χ3v) is 4.52. The molecule has 2 aromatic heterocycles. The second kappa shape index (κ2) is 8.73. The van der Waals surface area contributed by atoms with Gasteiger partial charge in [-0.25, -0.2) is 10.1 Å². The standard InChI is InChI=1S/C19H15ClN8O4/c1-31-13-4-2-3-10(8-13)16-15(23-27-28(16)18-17(21)25-32-26-18)19(30)24-22-9-11-7-12(20)5-6-14(11)29/h2-9,29H,1H3,(H2,21,25)(H,24,30)/b22-9+. The number of carbonyl (C=O) groups is 1. The predicted octanol–water partition coefficient (Wildman–Crippen LogP) is 2.03. The summed E-state index contributed by atoms with van der Waals surface area (Å²) in [5.74, 6) is -0.171. The van der Waals surface area contributed by atoms with Gasteiger partial charge in [0, 0.05) is 16.1 Å². The Balaban J connectivity index is 1.71. The van der Waals surface area contributed by atoms with Crippen molar-refractivity contribution in [3.63, 3.8) is 0 Å². The molecule has 0 saturated heterocycles. The van der Waals surface area contributed by atoms with Crippen LogP contribution in [0.25, 0.3) is 17.1 Å². The highest BCUT2D eigenvalue weighted by molar-refractivity contribution is 6.30. The van der Waals surface area contributed by atoms with Gasteiger partial charge in [0.1, 0.15) is 17.2 Å². The number of aromatic hydroxyl groups is 1. The van der Waals surface area contributed by atoms with Crippen LogP contribution in [0.15, 0.2) is 52.2 Å². The van der Waals surface area contributed by atoms with Gasteiger partial charge in [0.05, 0.1) is 13.3 Å². The molecule has 162 valence electrons.